The van der Waals surface area contributed by atoms with Gasteiger partial charge in [0.2, 0.25) is 10.0 Å². The van der Waals surface area contributed by atoms with Gasteiger partial charge in [-0.05, 0) is 42.4 Å². The summed E-state index contributed by atoms with van der Waals surface area (Å²) in [7, 11) is -3.47. The molecule has 118 valence electrons. The number of aryl methyl sites for hydroxylation is 1. The summed E-state index contributed by atoms with van der Waals surface area (Å²) >= 11 is 0. The Morgan fingerprint density at radius 1 is 1.33 bits per heavy atom. The highest BCUT2D eigenvalue weighted by Gasteiger charge is 2.23. The molecule has 0 aliphatic carbocycles. The Morgan fingerprint density at radius 2 is 2.05 bits per heavy atom. The van der Waals surface area contributed by atoms with Crippen molar-refractivity contribution in [2.24, 2.45) is 0 Å². The van der Waals surface area contributed by atoms with Crippen LogP contribution < -0.4 is 4.72 Å². The summed E-state index contributed by atoms with van der Waals surface area (Å²) in [6, 6.07) is 5.56. The molecule has 4 nitrogen and oxygen atoms in total. The van der Waals surface area contributed by atoms with Crippen LogP contribution in [0.3, 0.4) is 0 Å². The summed E-state index contributed by atoms with van der Waals surface area (Å²) < 4.78 is 32.9. The summed E-state index contributed by atoms with van der Waals surface area (Å²) in [5.74, 6) is 0. The van der Waals surface area contributed by atoms with E-state index in [1.807, 2.05) is 19.1 Å². The van der Waals surface area contributed by atoms with E-state index in [1.165, 1.54) is 0 Å². The molecule has 1 aliphatic heterocycles. The third kappa shape index (κ3) is 4.05. The van der Waals surface area contributed by atoms with Crippen LogP contribution in [0.25, 0.3) is 0 Å². The molecule has 0 amide bonds. The number of hydrogen-bond donors (Lipinski definition) is 1. The van der Waals surface area contributed by atoms with E-state index in [2.05, 4.69) is 25.5 Å². The van der Waals surface area contributed by atoms with Gasteiger partial charge < -0.3 is 4.74 Å². The van der Waals surface area contributed by atoms with Crippen molar-refractivity contribution in [1.29, 1.82) is 0 Å². The molecule has 0 spiro atoms. The molecule has 1 aromatic carbocycles. The maximum atomic E-state index is 12.4. The van der Waals surface area contributed by atoms with Gasteiger partial charge in [0.25, 0.3) is 0 Å². The van der Waals surface area contributed by atoms with Crippen molar-refractivity contribution in [1.82, 2.24) is 4.72 Å². The van der Waals surface area contributed by atoms with E-state index in [1.54, 1.807) is 6.07 Å². The zero-order valence-electron chi connectivity index (χ0n) is 13.3. The topological polar surface area (TPSA) is 55.4 Å². The third-order valence-corrected chi connectivity index (χ3v) is 5.44. The third-order valence-electron chi connectivity index (χ3n) is 3.86. The molecule has 1 unspecified atom stereocenters. The number of rotatable bonds is 4. The zero-order chi connectivity index (χ0) is 15.7. The SMILES string of the molecule is Cc1cc(C(C)(C)C)ccc1S(=O)(=O)NCC1CCCO1. The van der Waals surface area contributed by atoms with Crippen LogP contribution in [-0.4, -0.2) is 27.7 Å². The van der Waals surface area contributed by atoms with Gasteiger partial charge in [0, 0.05) is 13.2 Å². The van der Waals surface area contributed by atoms with Gasteiger partial charge in [-0.2, -0.15) is 0 Å². The highest BCUT2D eigenvalue weighted by atomic mass is 32.2. The fourth-order valence-corrected chi connectivity index (χ4v) is 3.79. The normalized spacial score (nSPS) is 19.9. The predicted octanol–water partition coefficient (Wildman–Crippen LogP) is 2.75. The van der Waals surface area contributed by atoms with Gasteiger partial charge in [-0.25, -0.2) is 13.1 Å². The summed E-state index contributed by atoms with van der Waals surface area (Å²) in [4.78, 5) is 0.355. The molecule has 5 heteroatoms. The molecule has 21 heavy (non-hydrogen) atoms. The average molecular weight is 311 g/mol. The Kier molecular flexibility index (Phi) is 4.76. The molecule has 0 saturated carbocycles. The first-order valence-electron chi connectivity index (χ1n) is 7.42. The van der Waals surface area contributed by atoms with Crippen LogP contribution in [0.2, 0.25) is 0 Å². The fraction of sp³-hybridized carbons (Fsp3) is 0.625. The van der Waals surface area contributed by atoms with E-state index in [0.717, 1.165) is 30.6 Å². The highest BCUT2D eigenvalue weighted by Crippen LogP contribution is 2.26. The fourth-order valence-electron chi connectivity index (χ4n) is 2.50. The molecule has 1 heterocycles. The molecule has 0 radical (unpaired) electrons. The number of hydrogen-bond acceptors (Lipinski definition) is 3. The summed E-state index contributed by atoms with van der Waals surface area (Å²) in [6.07, 6.45) is 1.94. The van der Waals surface area contributed by atoms with Gasteiger partial charge in [0.15, 0.2) is 0 Å². The van der Waals surface area contributed by atoms with Crippen molar-refractivity contribution < 1.29 is 13.2 Å². The second-order valence-corrected chi connectivity index (χ2v) is 8.45. The monoisotopic (exact) mass is 311 g/mol. The average Bonchev–Trinajstić information content (AvgIpc) is 2.88. The zero-order valence-corrected chi connectivity index (χ0v) is 14.1. The van der Waals surface area contributed by atoms with Crippen molar-refractivity contribution in [2.45, 2.75) is 57.0 Å². The lowest BCUT2D eigenvalue weighted by Gasteiger charge is -2.21. The van der Waals surface area contributed by atoms with Gasteiger partial charge in [-0.15, -0.1) is 0 Å². The van der Waals surface area contributed by atoms with Gasteiger partial charge in [-0.1, -0.05) is 32.9 Å². The molecule has 1 fully saturated rings. The largest absolute Gasteiger partial charge is 0.377 e. The number of benzene rings is 1. The molecular weight excluding hydrogens is 286 g/mol. The van der Waals surface area contributed by atoms with Crippen LogP contribution in [0.15, 0.2) is 23.1 Å². The standard InChI is InChI=1S/C16H25NO3S/c1-12-10-13(16(2,3)4)7-8-15(12)21(18,19)17-11-14-6-5-9-20-14/h7-8,10,14,17H,5-6,9,11H2,1-4H3. The first kappa shape index (κ1) is 16.5. The van der Waals surface area contributed by atoms with Crippen LogP contribution in [0, 0.1) is 6.92 Å². The van der Waals surface area contributed by atoms with Crippen LogP contribution >= 0.6 is 0 Å². The summed E-state index contributed by atoms with van der Waals surface area (Å²) in [5, 5.41) is 0. The van der Waals surface area contributed by atoms with E-state index in [0.29, 0.717) is 11.4 Å². The number of ether oxygens (including phenoxy) is 1. The van der Waals surface area contributed by atoms with E-state index in [-0.39, 0.29) is 11.5 Å². The molecule has 1 aromatic rings. The maximum Gasteiger partial charge on any atom is 0.240 e. The van der Waals surface area contributed by atoms with Crippen molar-refractivity contribution in [3.63, 3.8) is 0 Å². The first-order valence-corrected chi connectivity index (χ1v) is 8.91. The lowest BCUT2D eigenvalue weighted by atomic mass is 9.86. The second kappa shape index (κ2) is 6.07. The Bertz CT molecular complexity index is 596. The molecule has 1 aliphatic rings. The minimum absolute atomic E-state index is 0.00827. The van der Waals surface area contributed by atoms with Crippen LogP contribution in [-0.2, 0) is 20.2 Å². The Balaban J connectivity index is 2.16. The smallest absolute Gasteiger partial charge is 0.240 e. The summed E-state index contributed by atoms with van der Waals surface area (Å²) in [6.45, 7) is 9.27. The van der Waals surface area contributed by atoms with Crippen molar-refractivity contribution in [3.8, 4) is 0 Å². The van der Waals surface area contributed by atoms with Gasteiger partial charge in [-0.3, -0.25) is 0 Å². The minimum Gasteiger partial charge on any atom is -0.377 e. The quantitative estimate of drug-likeness (QED) is 0.930. The van der Waals surface area contributed by atoms with Crippen molar-refractivity contribution in [2.75, 3.05) is 13.2 Å². The maximum absolute atomic E-state index is 12.4. The van der Waals surface area contributed by atoms with Crippen LogP contribution in [0.4, 0.5) is 0 Å². The summed E-state index contributed by atoms with van der Waals surface area (Å²) in [5.41, 5.74) is 1.93. The molecule has 0 bridgehead atoms. The Labute approximate surface area is 127 Å². The van der Waals surface area contributed by atoms with Gasteiger partial charge in [0.05, 0.1) is 11.0 Å². The Hall–Kier alpha value is -0.910. The lowest BCUT2D eigenvalue weighted by molar-refractivity contribution is 0.114. The molecule has 1 saturated heterocycles. The highest BCUT2D eigenvalue weighted by molar-refractivity contribution is 7.89. The number of sulfonamides is 1. The Morgan fingerprint density at radius 3 is 2.57 bits per heavy atom. The van der Waals surface area contributed by atoms with E-state index in [4.69, 9.17) is 4.74 Å². The van der Waals surface area contributed by atoms with E-state index >= 15 is 0 Å². The van der Waals surface area contributed by atoms with Gasteiger partial charge >= 0.3 is 0 Å². The van der Waals surface area contributed by atoms with Gasteiger partial charge in [0.1, 0.15) is 0 Å². The predicted molar refractivity (Wildman–Crippen MR) is 84.0 cm³/mol. The number of nitrogens with one attached hydrogen (secondary N) is 1. The van der Waals surface area contributed by atoms with Crippen LogP contribution in [0.1, 0.15) is 44.7 Å². The van der Waals surface area contributed by atoms with E-state index < -0.39 is 10.0 Å². The second-order valence-electron chi connectivity index (χ2n) is 6.72. The van der Waals surface area contributed by atoms with E-state index in [9.17, 15) is 8.42 Å². The first-order chi connectivity index (χ1) is 9.70. The molecular formula is C16H25NO3S. The van der Waals surface area contributed by atoms with Crippen molar-refractivity contribution >= 4 is 10.0 Å². The lowest BCUT2D eigenvalue weighted by Crippen LogP contribution is -2.32. The van der Waals surface area contributed by atoms with Crippen molar-refractivity contribution in [3.05, 3.63) is 29.3 Å². The minimum atomic E-state index is -3.47. The molecule has 1 N–H and O–H groups in total. The van der Waals surface area contributed by atoms with Crippen LogP contribution in [0.5, 0.6) is 0 Å². The molecule has 2 rings (SSSR count). The molecule has 0 aromatic heterocycles. The molecule has 1 atom stereocenters.